The van der Waals surface area contributed by atoms with Crippen LogP contribution in [0.1, 0.15) is 47.3 Å². The van der Waals surface area contributed by atoms with Gasteiger partial charge in [0, 0.05) is 47.8 Å². The minimum Gasteiger partial charge on any atom is -0.510 e. The van der Waals surface area contributed by atoms with Crippen molar-refractivity contribution in [2.45, 2.75) is 51.3 Å². The highest BCUT2D eigenvalue weighted by Gasteiger charge is 2.63. The second-order valence-electron chi connectivity index (χ2n) is 11.8. The summed E-state index contributed by atoms with van der Waals surface area (Å²) in [5, 5.41) is 45.0. The van der Waals surface area contributed by atoms with Crippen LogP contribution in [0.25, 0.3) is 0 Å². The lowest BCUT2D eigenvalue weighted by Crippen LogP contribution is -2.63. The van der Waals surface area contributed by atoms with Crippen LogP contribution in [-0.2, 0) is 29.0 Å². The van der Waals surface area contributed by atoms with Gasteiger partial charge >= 0.3 is 0 Å². The summed E-state index contributed by atoms with van der Waals surface area (Å²) in [4.78, 5) is 42.8. The summed E-state index contributed by atoms with van der Waals surface area (Å²) >= 11 is 0. The quantitative estimate of drug-likeness (QED) is 0.352. The molecule has 4 atom stereocenters. The van der Waals surface area contributed by atoms with Crippen molar-refractivity contribution in [1.82, 2.24) is 9.80 Å². The van der Waals surface area contributed by atoms with E-state index in [0.717, 1.165) is 6.54 Å². The Labute approximate surface area is 225 Å². The number of primary amides is 1. The first-order valence-corrected chi connectivity index (χ1v) is 13.1. The number of halogens is 1. The Morgan fingerprint density at radius 3 is 2.44 bits per heavy atom. The number of hydrogen-bond acceptors (Lipinski definition) is 9. The van der Waals surface area contributed by atoms with E-state index in [1.165, 1.54) is 4.90 Å². The van der Waals surface area contributed by atoms with Crippen LogP contribution in [0.4, 0.5) is 4.39 Å². The summed E-state index contributed by atoms with van der Waals surface area (Å²) < 4.78 is 16.1. The Morgan fingerprint density at radius 1 is 1.18 bits per heavy atom. The molecule has 1 aromatic carbocycles. The highest BCUT2D eigenvalue weighted by molar-refractivity contribution is 6.24. The third kappa shape index (κ3) is 3.74. The molecule has 10 nitrogen and oxygen atoms in total. The van der Waals surface area contributed by atoms with Crippen molar-refractivity contribution in [1.29, 1.82) is 0 Å². The zero-order chi connectivity index (χ0) is 28.7. The number of carbonyl (C=O) groups is 3. The summed E-state index contributed by atoms with van der Waals surface area (Å²) in [5.41, 5.74) is 1.93. The third-order valence-corrected chi connectivity index (χ3v) is 8.72. The van der Waals surface area contributed by atoms with E-state index < -0.39 is 63.9 Å². The van der Waals surface area contributed by atoms with Crippen LogP contribution >= 0.6 is 0 Å². The van der Waals surface area contributed by atoms with Crippen LogP contribution in [-0.4, -0.2) is 86.5 Å². The number of benzene rings is 1. The minimum absolute atomic E-state index is 0.0377. The van der Waals surface area contributed by atoms with Gasteiger partial charge in [-0.1, -0.05) is 13.8 Å². The number of phenols is 1. The van der Waals surface area contributed by atoms with Crippen molar-refractivity contribution in [3.8, 4) is 5.75 Å². The number of nitrogens with two attached hydrogens (primary N) is 1. The topological polar surface area (TPSA) is 165 Å². The van der Waals surface area contributed by atoms with Crippen molar-refractivity contribution < 1.29 is 39.2 Å². The molecule has 0 unspecified atom stereocenters. The van der Waals surface area contributed by atoms with Gasteiger partial charge in [-0.15, -0.1) is 0 Å². The summed E-state index contributed by atoms with van der Waals surface area (Å²) in [6.07, 6.45) is 0.189. The number of likely N-dealkylation sites (N-methyl/N-ethyl adjacent to an activating group) is 1. The summed E-state index contributed by atoms with van der Waals surface area (Å²) in [7, 11) is 3.11. The number of allylic oxidation sites excluding steroid dienone is 1. The SMILES string of the molecule is CC(C)CN1CCc2c(O)c3c(c(F)c2C1)C[C@H]1C[C@H]2[C@H](N(C)C)C(O)=C(C(N)=O)C(=O)[C@@]2(O)C(O)=C1C3=O. The first-order chi connectivity index (χ1) is 18.2. The molecule has 39 heavy (non-hydrogen) atoms. The fourth-order valence-corrected chi connectivity index (χ4v) is 7.13. The van der Waals surface area contributed by atoms with Crippen LogP contribution in [0.3, 0.4) is 0 Å². The van der Waals surface area contributed by atoms with E-state index >= 15 is 4.39 Å². The highest BCUT2D eigenvalue weighted by atomic mass is 19.1. The number of Topliss-reactive ketones (excluding diaryl/α,β-unsaturated/α-hetero) is 2. The molecule has 5 rings (SSSR count). The molecule has 0 saturated carbocycles. The number of nitrogens with zero attached hydrogens (tertiary/aromatic N) is 2. The molecule has 0 spiro atoms. The molecular weight excluding hydrogens is 509 g/mol. The number of aromatic hydroxyl groups is 1. The van der Waals surface area contributed by atoms with Crippen LogP contribution in [0.15, 0.2) is 22.7 Å². The molecule has 1 aromatic rings. The Kier molecular flexibility index (Phi) is 6.40. The number of rotatable bonds is 4. The number of amides is 1. The average molecular weight is 544 g/mol. The molecule has 210 valence electrons. The van der Waals surface area contributed by atoms with E-state index in [4.69, 9.17) is 5.73 Å². The van der Waals surface area contributed by atoms with E-state index in [0.29, 0.717) is 36.6 Å². The minimum atomic E-state index is -2.72. The molecule has 4 aliphatic rings. The molecule has 0 radical (unpaired) electrons. The predicted molar refractivity (Wildman–Crippen MR) is 137 cm³/mol. The van der Waals surface area contributed by atoms with Gasteiger partial charge in [-0.3, -0.25) is 24.2 Å². The maximum Gasteiger partial charge on any atom is 0.255 e. The Balaban J connectivity index is 1.67. The predicted octanol–water partition coefficient (Wildman–Crippen LogP) is 1.27. The molecule has 11 heteroatoms. The standard InChI is InChI=1S/C28H34FN3O7/c1-11(2)9-32-6-5-13-15(10-32)20(29)14-7-12-8-16-21(31(3)4)24(35)19(27(30)38)26(37)28(16,39)25(36)17(12)23(34)18(14)22(13)33/h11-12,16,21,33,35-36,39H,5-10H2,1-4H3,(H2,30,38)/t12-,16-,21-,28-/m0/s1. The second kappa shape index (κ2) is 9.14. The third-order valence-electron chi connectivity index (χ3n) is 8.72. The summed E-state index contributed by atoms with van der Waals surface area (Å²) in [5.74, 6) is -7.57. The van der Waals surface area contributed by atoms with Crippen molar-refractivity contribution >= 4 is 17.5 Å². The molecule has 0 saturated heterocycles. The number of ketones is 2. The van der Waals surface area contributed by atoms with Gasteiger partial charge in [0.05, 0.1) is 11.6 Å². The fraction of sp³-hybridized carbons (Fsp3) is 0.536. The molecular formula is C28H34FN3O7. The number of phenolic OH excluding ortho intramolecular Hbond substituents is 1. The lowest BCUT2D eigenvalue weighted by Gasteiger charge is -2.50. The lowest BCUT2D eigenvalue weighted by molar-refractivity contribution is -0.148. The molecule has 0 fully saturated rings. The van der Waals surface area contributed by atoms with Crippen LogP contribution < -0.4 is 5.73 Å². The lowest BCUT2D eigenvalue weighted by atomic mass is 9.58. The Morgan fingerprint density at radius 2 is 1.85 bits per heavy atom. The van der Waals surface area contributed by atoms with E-state index in [2.05, 4.69) is 18.7 Å². The number of fused-ring (bicyclic) bond motifs is 4. The molecule has 1 heterocycles. The van der Waals surface area contributed by atoms with Gasteiger partial charge in [0.15, 0.2) is 11.4 Å². The van der Waals surface area contributed by atoms with Gasteiger partial charge in [-0.2, -0.15) is 0 Å². The second-order valence-corrected chi connectivity index (χ2v) is 11.8. The van der Waals surface area contributed by atoms with Gasteiger partial charge in [0.25, 0.3) is 5.91 Å². The molecule has 0 aromatic heterocycles. The zero-order valence-electron chi connectivity index (χ0n) is 22.4. The van der Waals surface area contributed by atoms with Gasteiger partial charge in [0.2, 0.25) is 5.78 Å². The molecule has 1 amide bonds. The van der Waals surface area contributed by atoms with E-state index in [1.807, 2.05) is 0 Å². The van der Waals surface area contributed by atoms with Gasteiger partial charge in [-0.25, -0.2) is 4.39 Å². The monoisotopic (exact) mass is 543 g/mol. The van der Waals surface area contributed by atoms with Gasteiger partial charge in [0.1, 0.15) is 28.7 Å². The summed E-state index contributed by atoms with van der Waals surface area (Å²) in [6, 6.07) is -1.10. The largest absolute Gasteiger partial charge is 0.510 e. The van der Waals surface area contributed by atoms with Crippen molar-refractivity contribution in [3.63, 3.8) is 0 Å². The number of carbonyl (C=O) groups excluding carboxylic acids is 3. The maximum absolute atomic E-state index is 16.1. The molecule has 6 N–H and O–H groups in total. The number of aliphatic hydroxyl groups is 3. The van der Waals surface area contributed by atoms with E-state index in [-0.39, 0.29) is 35.3 Å². The van der Waals surface area contributed by atoms with Crippen molar-refractivity contribution in [3.05, 3.63) is 50.7 Å². The average Bonchev–Trinajstić information content (AvgIpc) is 2.83. The van der Waals surface area contributed by atoms with Crippen LogP contribution in [0.2, 0.25) is 0 Å². The van der Waals surface area contributed by atoms with Crippen LogP contribution in [0, 0.1) is 23.6 Å². The van der Waals surface area contributed by atoms with Crippen molar-refractivity contribution in [2.24, 2.45) is 23.5 Å². The number of aliphatic hydroxyl groups excluding tert-OH is 2. The normalized spacial score (nSPS) is 29.0. The first-order valence-electron chi connectivity index (χ1n) is 13.1. The molecule has 0 bridgehead atoms. The van der Waals surface area contributed by atoms with Crippen LogP contribution in [0.5, 0.6) is 5.75 Å². The van der Waals surface area contributed by atoms with E-state index in [9.17, 15) is 34.8 Å². The number of hydrogen-bond donors (Lipinski definition) is 5. The Bertz CT molecular complexity index is 1380. The van der Waals surface area contributed by atoms with Gasteiger partial charge < -0.3 is 26.2 Å². The zero-order valence-corrected chi connectivity index (χ0v) is 22.4. The maximum atomic E-state index is 16.1. The molecule has 1 aliphatic heterocycles. The highest BCUT2D eigenvalue weighted by Crippen LogP contribution is 2.53. The van der Waals surface area contributed by atoms with Gasteiger partial charge in [-0.05, 0) is 45.2 Å². The summed E-state index contributed by atoms with van der Waals surface area (Å²) in [6.45, 7) is 5.76. The first kappa shape index (κ1) is 27.3. The van der Waals surface area contributed by atoms with E-state index in [1.54, 1.807) is 14.1 Å². The Hall–Kier alpha value is -3.28. The fourth-order valence-electron chi connectivity index (χ4n) is 7.13. The smallest absolute Gasteiger partial charge is 0.255 e. The van der Waals surface area contributed by atoms with Crippen molar-refractivity contribution in [2.75, 3.05) is 27.2 Å². The molecule has 3 aliphatic carbocycles.